The van der Waals surface area contributed by atoms with Crippen LogP contribution in [-0.4, -0.2) is 22.2 Å². The molecule has 2 aromatic heterocycles. The van der Waals surface area contributed by atoms with Crippen LogP contribution in [0.25, 0.3) is 10.9 Å². The van der Waals surface area contributed by atoms with E-state index in [2.05, 4.69) is 15.3 Å². The minimum absolute atomic E-state index is 0.00559. The first-order chi connectivity index (χ1) is 14.0. The van der Waals surface area contributed by atoms with Crippen molar-refractivity contribution in [3.05, 3.63) is 64.4 Å². The Bertz CT molecular complexity index is 1170. The average molecular weight is 411 g/mol. The van der Waals surface area contributed by atoms with Crippen molar-refractivity contribution >= 4 is 33.7 Å². The van der Waals surface area contributed by atoms with E-state index in [4.69, 9.17) is 9.47 Å². The molecule has 0 aliphatic rings. The number of halogens is 1. The number of hydrogen-bond donors (Lipinski definition) is 2. The summed E-state index contributed by atoms with van der Waals surface area (Å²) in [6, 6.07) is 8.09. The van der Waals surface area contributed by atoms with E-state index in [9.17, 15) is 9.50 Å². The Balaban J connectivity index is 1.70. The summed E-state index contributed by atoms with van der Waals surface area (Å²) in [5, 5.41) is 17.5. The molecule has 0 unspecified atom stereocenters. The highest BCUT2D eigenvalue weighted by atomic mass is 32.1. The lowest BCUT2D eigenvalue weighted by atomic mass is 10.1. The van der Waals surface area contributed by atoms with E-state index in [1.54, 1.807) is 37.5 Å². The zero-order chi connectivity index (χ0) is 20.4. The van der Waals surface area contributed by atoms with Crippen molar-refractivity contribution in [2.75, 3.05) is 12.4 Å². The highest BCUT2D eigenvalue weighted by Crippen LogP contribution is 2.36. The molecule has 6 nitrogen and oxygen atoms in total. The predicted octanol–water partition coefficient (Wildman–Crippen LogP) is 5.18. The first-order valence-electron chi connectivity index (χ1n) is 8.78. The fraction of sp³-hybridized carbons (Fsp3) is 0.143. The molecule has 0 saturated carbocycles. The number of aromatic hydroxyl groups is 1. The van der Waals surface area contributed by atoms with Gasteiger partial charge in [0.25, 0.3) is 0 Å². The Kier molecular flexibility index (Phi) is 5.18. The van der Waals surface area contributed by atoms with Crippen molar-refractivity contribution in [1.29, 1.82) is 0 Å². The van der Waals surface area contributed by atoms with Crippen LogP contribution < -0.4 is 14.8 Å². The number of thiophene rings is 1. The monoisotopic (exact) mass is 411 g/mol. The van der Waals surface area contributed by atoms with Crippen LogP contribution in [0.2, 0.25) is 0 Å². The van der Waals surface area contributed by atoms with Gasteiger partial charge in [0, 0.05) is 17.5 Å². The maximum atomic E-state index is 14.3. The van der Waals surface area contributed by atoms with E-state index in [0.29, 0.717) is 40.4 Å². The molecule has 0 amide bonds. The zero-order valence-electron chi connectivity index (χ0n) is 15.8. The second-order valence-electron chi connectivity index (χ2n) is 6.41. The van der Waals surface area contributed by atoms with Crippen molar-refractivity contribution in [3.8, 4) is 17.2 Å². The summed E-state index contributed by atoms with van der Waals surface area (Å²) in [6.07, 6.45) is 1.38. The minimum Gasteiger partial charge on any atom is -0.508 e. The van der Waals surface area contributed by atoms with Gasteiger partial charge in [0.2, 0.25) is 0 Å². The molecule has 2 aromatic carbocycles. The maximum absolute atomic E-state index is 14.3. The van der Waals surface area contributed by atoms with Crippen LogP contribution >= 0.6 is 11.3 Å². The fourth-order valence-electron chi connectivity index (χ4n) is 2.86. The Labute approximate surface area is 170 Å². The Morgan fingerprint density at radius 2 is 2.03 bits per heavy atom. The van der Waals surface area contributed by atoms with Crippen LogP contribution in [0.1, 0.15) is 11.1 Å². The second-order valence-corrected chi connectivity index (χ2v) is 7.19. The van der Waals surface area contributed by atoms with Gasteiger partial charge in [0.1, 0.15) is 30.3 Å². The lowest BCUT2D eigenvalue weighted by Gasteiger charge is -2.14. The number of anilines is 2. The van der Waals surface area contributed by atoms with Gasteiger partial charge in [-0.05, 0) is 47.0 Å². The number of benzene rings is 2. The quantitative estimate of drug-likeness (QED) is 0.456. The summed E-state index contributed by atoms with van der Waals surface area (Å²) in [5.74, 6) is 0.955. The topological polar surface area (TPSA) is 76.5 Å². The SMILES string of the molecule is COc1cc2c(Nc3cc(O)c(C)cc3F)ncnc2cc1OCc1ccsc1. The molecule has 4 rings (SSSR count). The van der Waals surface area contributed by atoms with E-state index in [0.717, 1.165) is 5.56 Å². The summed E-state index contributed by atoms with van der Waals surface area (Å²) in [5.41, 5.74) is 2.25. The summed E-state index contributed by atoms with van der Waals surface area (Å²) in [4.78, 5) is 8.51. The number of hydrogen-bond acceptors (Lipinski definition) is 7. The maximum Gasteiger partial charge on any atom is 0.163 e. The van der Waals surface area contributed by atoms with Crippen LogP contribution in [0.15, 0.2) is 47.4 Å². The van der Waals surface area contributed by atoms with Crippen LogP contribution in [0, 0.1) is 12.7 Å². The summed E-state index contributed by atoms with van der Waals surface area (Å²) in [6.45, 7) is 2.04. The molecule has 29 heavy (non-hydrogen) atoms. The molecule has 8 heteroatoms. The van der Waals surface area contributed by atoms with Crippen molar-refractivity contribution in [1.82, 2.24) is 9.97 Å². The largest absolute Gasteiger partial charge is 0.508 e. The lowest BCUT2D eigenvalue weighted by Crippen LogP contribution is -2.01. The van der Waals surface area contributed by atoms with Crippen molar-refractivity contribution in [2.24, 2.45) is 0 Å². The second kappa shape index (κ2) is 7.92. The number of nitrogens with zero attached hydrogens (tertiary/aromatic N) is 2. The number of methoxy groups -OCH3 is 1. The van der Waals surface area contributed by atoms with Gasteiger partial charge in [-0.3, -0.25) is 0 Å². The summed E-state index contributed by atoms with van der Waals surface area (Å²) in [7, 11) is 1.55. The molecule has 2 N–H and O–H groups in total. The first-order valence-corrected chi connectivity index (χ1v) is 9.72. The van der Waals surface area contributed by atoms with Gasteiger partial charge >= 0.3 is 0 Å². The van der Waals surface area contributed by atoms with Crippen LogP contribution in [0.5, 0.6) is 17.2 Å². The molecule has 0 fully saturated rings. The smallest absolute Gasteiger partial charge is 0.163 e. The third kappa shape index (κ3) is 3.93. The fourth-order valence-corrected chi connectivity index (χ4v) is 3.51. The van der Waals surface area contributed by atoms with Crippen molar-refractivity contribution < 1.29 is 19.0 Å². The molecule has 0 radical (unpaired) electrons. The van der Waals surface area contributed by atoms with Crippen LogP contribution in [-0.2, 0) is 6.61 Å². The van der Waals surface area contributed by atoms with E-state index in [-0.39, 0.29) is 11.4 Å². The van der Waals surface area contributed by atoms with E-state index in [1.165, 1.54) is 18.5 Å². The predicted molar refractivity (Wildman–Crippen MR) is 111 cm³/mol. The van der Waals surface area contributed by atoms with Gasteiger partial charge in [-0.15, -0.1) is 0 Å². The number of rotatable bonds is 6. The number of phenolic OH excluding ortho intramolecular Hbond substituents is 1. The molecular weight excluding hydrogens is 393 g/mol. The molecule has 4 aromatic rings. The van der Waals surface area contributed by atoms with Crippen LogP contribution in [0.3, 0.4) is 0 Å². The Morgan fingerprint density at radius 3 is 2.79 bits per heavy atom. The van der Waals surface area contributed by atoms with Gasteiger partial charge in [-0.1, -0.05) is 0 Å². The van der Waals surface area contributed by atoms with Crippen molar-refractivity contribution in [2.45, 2.75) is 13.5 Å². The van der Waals surface area contributed by atoms with Gasteiger partial charge in [0.15, 0.2) is 11.5 Å². The third-order valence-electron chi connectivity index (χ3n) is 4.43. The van der Waals surface area contributed by atoms with E-state index in [1.807, 2.05) is 16.8 Å². The highest BCUT2D eigenvalue weighted by Gasteiger charge is 2.14. The van der Waals surface area contributed by atoms with Gasteiger partial charge in [-0.25, -0.2) is 14.4 Å². The molecule has 0 saturated heterocycles. The first kappa shape index (κ1) is 18.9. The van der Waals surface area contributed by atoms with E-state index < -0.39 is 5.82 Å². The van der Waals surface area contributed by atoms with Crippen LogP contribution in [0.4, 0.5) is 15.9 Å². The molecule has 0 aliphatic heterocycles. The highest BCUT2D eigenvalue weighted by molar-refractivity contribution is 7.07. The molecular formula is C21H18FN3O3S. The number of nitrogens with one attached hydrogen (secondary N) is 1. The Morgan fingerprint density at radius 1 is 1.17 bits per heavy atom. The minimum atomic E-state index is -0.491. The zero-order valence-corrected chi connectivity index (χ0v) is 16.6. The average Bonchev–Trinajstić information content (AvgIpc) is 3.23. The third-order valence-corrected chi connectivity index (χ3v) is 5.17. The standard InChI is InChI=1S/C21H18FN3O3S/c1-12-5-15(22)17(7-18(12)26)25-21-14-6-19(27-2)20(8-16(14)23-11-24-21)28-9-13-3-4-29-10-13/h3-8,10-11,26H,9H2,1-2H3,(H,23,24,25). The van der Waals surface area contributed by atoms with E-state index >= 15 is 0 Å². The Hall–Kier alpha value is -3.39. The van der Waals surface area contributed by atoms with Gasteiger partial charge < -0.3 is 19.9 Å². The molecule has 0 spiro atoms. The number of ether oxygens (including phenoxy) is 2. The van der Waals surface area contributed by atoms with Gasteiger partial charge in [0.05, 0.1) is 18.3 Å². The summed E-state index contributed by atoms with van der Waals surface area (Å²) < 4.78 is 25.7. The number of aryl methyl sites for hydroxylation is 1. The lowest BCUT2D eigenvalue weighted by molar-refractivity contribution is 0.285. The van der Waals surface area contributed by atoms with Gasteiger partial charge in [-0.2, -0.15) is 11.3 Å². The molecule has 0 atom stereocenters. The molecule has 2 heterocycles. The number of aromatic nitrogens is 2. The molecule has 0 aliphatic carbocycles. The normalized spacial score (nSPS) is 10.9. The molecule has 148 valence electrons. The summed E-state index contributed by atoms with van der Waals surface area (Å²) >= 11 is 1.60. The van der Waals surface area contributed by atoms with Crippen molar-refractivity contribution in [3.63, 3.8) is 0 Å². The number of phenols is 1. The molecule has 0 bridgehead atoms. The number of fused-ring (bicyclic) bond motifs is 1.